The summed E-state index contributed by atoms with van der Waals surface area (Å²) in [6, 6.07) is 1.56. The van der Waals surface area contributed by atoms with Crippen LogP contribution in [0.25, 0.3) is 0 Å². The fourth-order valence-electron chi connectivity index (χ4n) is 2.26. The highest BCUT2D eigenvalue weighted by atomic mass is 19.1. The molecule has 0 spiro atoms. The van der Waals surface area contributed by atoms with Crippen molar-refractivity contribution in [1.82, 2.24) is 0 Å². The van der Waals surface area contributed by atoms with Gasteiger partial charge >= 0.3 is 0 Å². The van der Waals surface area contributed by atoms with Crippen LogP contribution >= 0.6 is 0 Å². The molecule has 6 heteroatoms. The number of amides is 2. The highest BCUT2D eigenvalue weighted by molar-refractivity contribution is 6.22. The van der Waals surface area contributed by atoms with Gasteiger partial charge in [-0.1, -0.05) is 13.8 Å². The van der Waals surface area contributed by atoms with Crippen LogP contribution in [0.3, 0.4) is 0 Å². The van der Waals surface area contributed by atoms with E-state index in [1.54, 1.807) is 6.92 Å². The van der Waals surface area contributed by atoms with Gasteiger partial charge in [0.1, 0.15) is 11.6 Å². The standard InChI is InChI=1S/C14H16F2N2O2/c1-7(2)14(3)6-12(19)18(13(14)20)11-5-10(17)8(15)4-9(11)16/h4-5,7H,6,17H2,1-3H3. The number of halogens is 2. The Morgan fingerprint density at radius 3 is 2.35 bits per heavy atom. The number of carbonyl (C=O) groups excluding carboxylic acids is 2. The van der Waals surface area contributed by atoms with Gasteiger partial charge in [-0.2, -0.15) is 0 Å². The Balaban J connectivity index is 2.52. The Bertz CT molecular complexity index is 601. The van der Waals surface area contributed by atoms with Crippen LogP contribution in [0.15, 0.2) is 12.1 Å². The van der Waals surface area contributed by atoms with Crippen LogP contribution in [-0.4, -0.2) is 11.8 Å². The lowest BCUT2D eigenvalue weighted by Crippen LogP contribution is -2.37. The summed E-state index contributed by atoms with van der Waals surface area (Å²) in [4.78, 5) is 25.3. The van der Waals surface area contributed by atoms with E-state index >= 15 is 0 Å². The molecule has 20 heavy (non-hydrogen) atoms. The predicted octanol–water partition coefficient (Wildman–Crippen LogP) is 2.47. The first-order valence-corrected chi connectivity index (χ1v) is 6.30. The number of imide groups is 1. The van der Waals surface area contributed by atoms with E-state index in [2.05, 4.69) is 0 Å². The van der Waals surface area contributed by atoms with Crippen molar-refractivity contribution in [3.05, 3.63) is 23.8 Å². The average Bonchev–Trinajstić information content (AvgIpc) is 2.57. The van der Waals surface area contributed by atoms with Gasteiger partial charge in [0.05, 0.1) is 16.8 Å². The minimum absolute atomic E-state index is 0.000219. The van der Waals surface area contributed by atoms with Gasteiger partial charge in [0.25, 0.3) is 0 Å². The van der Waals surface area contributed by atoms with Crippen LogP contribution < -0.4 is 10.6 Å². The third-order valence-corrected chi connectivity index (χ3v) is 4.04. The largest absolute Gasteiger partial charge is 0.396 e. The molecule has 2 N–H and O–H groups in total. The van der Waals surface area contributed by atoms with Gasteiger partial charge in [0.15, 0.2) is 0 Å². The van der Waals surface area contributed by atoms with Crippen molar-refractivity contribution in [2.24, 2.45) is 11.3 Å². The highest BCUT2D eigenvalue weighted by Gasteiger charge is 2.51. The zero-order chi connectivity index (χ0) is 15.2. The van der Waals surface area contributed by atoms with E-state index < -0.39 is 28.9 Å². The molecule has 1 fully saturated rings. The predicted molar refractivity (Wildman–Crippen MR) is 70.8 cm³/mol. The smallest absolute Gasteiger partial charge is 0.240 e. The lowest BCUT2D eigenvalue weighted by molar-refractivity contribution is -0.126. The third kappa shape index (κ3) is 1.95. The number of carbonyl (C=O) groups is 2. The maximum absolute atomic E-state index is 13.8. The van der Waals surface area contributed by atoms with Crippen LogP contribution in [0.5, 0.6) is 0 Å². The zero-order valence-electron chi connectivity index (χ0n) is 11.5. The fourth-order valence-corrected chi connectivity index (χ4v) is 2.26. The molecule has 1 aliphatic heterocycles. The van der Waals surface area contributed by atoms with Gasteiger partial charge in [-0.3, -0.25) is 9.59 Å². The molecule has 2 rings (SSSR count). The topological polar surface area (TPSA) is 63.4 Å². The summed E-state index contributed by atoms with van der Waals surface area (Å²) in [6.45, 7) is 5.32. The molecule has 0 bridgehead atoms. The van der Waals surface area contributed by atoms with Crippen molar-refractivity contribution in [1.29, 1.82) is 0 Å². The number of nitrogen functional groups attached to an aromatic ring is 1. The number of hydrogen-bond acceptors (Lipinski definition) is 3. The molecule has 2 amide bonds. The van der Waals surface area contributed by atoms with Crippen LogP contribution in [0.2, 0.25) is 0 Å². The number of nitrogens with zero attached hydrogens (tertiary/aromatic N) is 1. The molecule has 108 valence electrons. The van der Waals surface area contributed by atoms with E-state index in [-0.39, 0.29) is 23.7 Å². The van der Waals surface area contributed by atoms with Crippen molar-refractivity contribution >= 4 is 23.2 Å². The summed E-state index contributed by atoms with van der Waals surface area (Å²) in [6.07, 6.45) is 0.000219. The van der Waals surface area contributed by atoms with Gasteiger partial charge in [-0.25, -0.2) is 13.7 Å². The van der Waals surface area contributed by atoms with E-state index in [0.717, 1.165) is 11.0 Å². The van der Waals surface area contributed by atoms with E-state index in [4.69, 9.17) is 5.73 Å². The summed E-state index contributed by atoms with van der Waals surface area (Å²) in [5, 5.41) is 0. The molecule has 1 atom stereocenters. The molecular formula is C14H16F2N2O2. The maximum atomic E-state index is 13.8. The SMILES string of the molecule is CC(C)C1(C)CC(=O)N(c2cc(N)c(F)cc2F)C1=O. The zero-order valence-corrected chi connectivity index (χ0v) is 11.5. The molecule has 1 aliphatic rings. The first-order chi connectivity index (χ1) is 9.18. The summed E-state index contributed by atoms with van der Waals surface area (Å²) in [5.74, 6) is -2.97. The first-order valence-electron chi connectivity index (χ1n) is 6.30. The number of anilines is 2. The maximum Gasteiger partial charge on any atom is 0.240 e. The summed E-state index contributed by atoms with van der Waals surface area (Å²) in [7, 11) is 0. The molecular weight excluding hydrogens is 266 g/mol. The number of rotatable bonds is 2. The molecule has 1 saturated heterocycles. The molecule has 0 radical (unpaired) electrons. The van der Waals surface area contributed by atoms with Crippen LogP contribution in [0.1, 0.15) is 27.2 Å². The van der Waals surface area contributed by atoms with E-state index in [1.165, 1.54) is 0 Å². The quantitative estimate of drug-likeness (QED) is 0.669. The lowest BCUT2D eigenvalue weighted by atomic mass is 9.78. The molecule has 0 aromatic heterocycles. The molecule has 1 unspecified atom stereocenters. The Morgan fingerprint density at radius 1 is 1.25 bits per heavy atom. The first kappa shape index (κ1) is 14.4. The Kier molecular flexibility index (Phi) is 3.28. The highest BCUT2D eigenvalue weighted by Crippen LogP contribution is 2.42. The van der Waals surface area contributed by atoms with Gasteiger partial charge in [0.2, 0.25) is 11.8 Å². The normalized spacial score (nSPS) is 23.0. The molecule has 1 heterocycles. The molecule has 4 nitrogen and oxygen atoms in total. The summed E-state index contributed by atoms with van der Waals surface area (Å²) < 4.78 is 27.0. The van der Waals surface area contributed by atoms with Gasteiger partial charge in [-0.15, -0.1) is 0 Å². The second-order valence-electron chi connectivity index (χ2n) is 5.61. The number of nitrogens with two attached hydrogens (primary N) is 1. The van der Waals surface area contributed by atoms with Gasteiger partial charge in [-0.05, 0) is 18.9 Å². The van der Waals surface area contributed by atoms with Crippen LogP contribution in [0.4, 0.5) is 20.2 Å². The molecule has 1 aromatic rings. The minimum atomic E-state index is -0.980. The van der Waals surface area contributed by atoms with Gasteiger partial charge < -0.3 is 5.73 Å². The Morgan fingerprint density at radius 2 is 1.85 bits per heavy atom. The fraction of sp³-hybridized carbons (Fsp3) is 0.429. The minimum Gasteiger partial charge on any atom is -0.396 e. The number of hydrogen-bond donors (Lipinski definition) is 1. The van der Waals surface area contributed by atoms with Crippen molar-refractivity contribution in [2.45, 2.75) is 27.2 Å². The second-order valence-corrected chi connectivity index (χ2v) is 5.61. The van der Waals surface area contributed by atoms with Crippen LogP contribution in [0, 0.1) is 23.0 Å². The number of benzene rings is 1. The third-order valence-electron chi connectivity index (χ3n) is 4.04. The van der Waals surface area contributed by atoms with Crippen molar-refractivity contribution < 1.29 is 18.4 Å². The van der Waals surface area contributed by atoms with E-state index in [1.807, 2.05) is 13.8 Å². The van der Waals surface area contributed by atoms with Crippen molar-refractivity contribution in [3.8, 4) is 0 Å². The summed E-state index contributed by atoms with van der Waals surface area (Å²) in [5.41, 5.74) is 3.91. The van der Waals surface area contributed by atoms with Gasteiger partial charge in [0, 0.05) is 12.5 Å². The lowest BCUT2D eigenvalue weighted by Gasteiger charge is -2.26. The molecule has 0 saturated carbocycles. The Hall–Kier alpha value is -1.98. The van der Waals surface area contributed by atoms with Crippen LogP contribution in [-0.2, 0) is 9.59 Å². The Labute approximate surface area is 115 Å². The van der Waals surface area contributed by atoms with E-state index in [9.17, 15) is 18.4 Å². The van der Waals surface area contributed by atoms with Crippen molar-refractivity contribution in [2.75, 3.05) is 10.6 Å². The second kappa shape index (κ2) is 4.54. The average molecular weight is 282 g/mol. The monoisotopic (exact) mass is 282 g/mol. The van der Waals surface area contributed by atoms with E-state index in [0.29, 0.717) is 6.07 Å². The van der Waals surface area contributed by atoms with Crippen molar-refractivity contribution in [3.63, 3.8) is 0 Å². The molecule has 1 aromatic carbocycles. The molecule has 0 aliphatic carbocycles. The summed E-state index contributed by atoms with van der Waals surface area (Å²) >= 11 is 0.